The van der Waals surface area contributed by atoms with E-state index in [0.717, 1.165) is 12.3 Å². The van der Waals surface area contributed by atoms with Crippen LogP contribution < -0.4 is 0 Å². The van der Waals surface area contributed by atoms with Gasteiger partial charge in [-0.05, 0) is 40.5 Å². The minimum atomic E-state index is -2.06. The van der Waals surface area contributed by atoms with Crippen molar-refractivity contribution in [2.45, 2.75) is 65.5 Å². The fourth-order valence-electron chi connectivity index (χ4n) is 2.60. The molecule has 0 unspecified atom stereocenters. The molecule has 0 radical (unpaired) electrons. The van der Waals surface area contributed by atoms with Gasteiger partial charge in [0, 0.05) is 18.0 Å². The normalized spacial score (nSPS) is 17.3. The maximum Gasteiger partial charge on any atom is 0.0978 e. The average Bonchev–Trinajstić information content (AvgIpc) is 2.35. The van der Waals surface area contributed by atoms with Gasteiger partial charge in [-0.1, -0.05) is 42.6 Å². The van der Waals surface area contributed by atoms with Crippen LogP contribution in [0.5, 0.6) is 0 Å². The molecule has 18 heavy (non-hydrogen) atoms. The molecule has 104 valence electrons. The Morgan fingerprint density at radius 3 is 1.78 bits per heavy atom. The van der Waals surface area contributed by atoms with Gasteiger partial charge in [-0.2, -0.15) is 0 Å². The third kappa shape index (κ3) is 5.14. The minimum Gasteiger partial charge on any atom is -0.323 e. The van der Waals surface area contributed by atoms with Crippen LogP contribution in [0.1, 0.15) is 59.8 Å². The first-order valence-electron chi connectivity index (χ1n) is 7.28. The lowest BCUT2D eigenvalue weighted by molar-refractivity contribution is 0.484. The highest BCUT2D eigenvalue weighted by atomic mass is 31.2. The van der Waals surface area contributed by atoms with Crippen LogP contribution in [-0.4, -0.2) is 18.0 Å². The van der Waals surface area contributed by atoms with Crippen molar-refractivity contribution in [1.29, 1.82) is 0 Å². The van der Waals surface area contributed by atoms with E-state index in [1.165, 1.54) is 43.3 Å². The van der Waals surface area contributed by atoms with Crippen LogP contribution in [0.4, 0.5) is 0 Å². The summed E-state index contributed by atoms with van der Waals surface area (Å²) in [6.07, 6.45) is 12.3. The lowest BCUT2D eigenvalue weighted by Gasteiger charge is -2.29. The molecule has 0 N–H and O–H groups in total. The van der Waals surface area contributed by atoms with Gasteiger partial charge in [0.15, 0.2) is 0 Å². The van der Waals surface area contributed by atoms with E-state index in [1.54, 1.807) is 0 Å². The Balaban J connectivity index is 2.81. The molecule has 0 atom stereocenters. The van der Waals surface area contributed by atoms with Crippen LogP contribution in [0.2, 0.25) is 0 Å². The van der Waals surface area contributed by atoms with E-state index in [-0.39, 0.29) is 0 Å². The van der Waals surface area contributed by atoms with Gasteiger partial charge in [0.05, 0.1) is 7.14 Å². The van der Waals surface area contributed by atoms with Gasteiger partial charge in [-0.25, -0.2) is 0 Å². The summed E-state index contributed by atoms with van der Waals surface area (Å²) in [5.41, 5.74) is 3.07. The zero-order valence-electron chi connectivity index (χ0n) is 12.5. The van der Waals surface area contributed by atoms with E-state index < -0.39 is 7.14 Å². The van der Waals surface area contributed by atoms with Gasteiger partial charge >= 0.3 is 0 Å². The summed E-state index contributed by atoms with van der Waals surface area (Å²) in [6, 6.07) is 0. The highest BCUT2D eigenvalue weighted by molar-refractivity contribution is 7.65. The van der Waals surface area contributed by atoms with Crippen molar-refractivity contribution in [2.24, 2.45) is 0 Å². The van der Waals surface area contributed by atoms with Gasteiger partial charge in [0.1, 0.15) is 0 Å². The van der Waals surface area contributed by atoms with Crippen molar-refractivity contribution in [2.75, 3.05) is 12.3 Å². The van der Waals surface area contributed by atoms with E-state index in [0.29, 0.717) is 5.66 Å². The molecule has 2 heteroatoms. The Morgan fingerprint density at radius 1 is 0.944 bits per heavy atom. The molecule has 1 fully saturated rings. The van der Waals surface area contributed by atoms with Crippen LogP contribution in [0.3, 0.4) is 0 Å². The van der Waals surface area contributed by atoms with Crippen molar-refractivity contribution in [3.05, 3.63) is 23.3 Å². The van der Waals surface area contributed by atoms with Gasteiger partial charge in [0.2, 0.25) is 0 Å². The summed E-state index contributed by atoms with van der Waals surface area (Å²) in [6.45, 7) is 8.41. The van der Waals surface area contributed by atoms with Crippen LogP contribution >= 0.6 is 7.14 Å². The van der Waals surface area contributed by atoms with Crippen LogP contribution in [0.25, 0.3) is 0 Å². The molecule has 1 aliphatic carbocycles. The van der Waals surface area contributed by atoms with E-state index in [2.05, 4.69) is 39.8 Å². The quantitative estimate of drug-likeness (QED) is 0.467. The van der Waals surface area contributed by atoms with E-state index in [1.807, 2.05) is 0 Å². The molecule has 0 aromatic carbocycles. The first-order chi connectivity index (χ1) is 8.44. The average molecular weight is 268 g/mol. The standard InChI is InChI=1S/C16H29OP/c1-14(2)10-12-18(17,13-11-15(3)4)16-8-6-5-7-9-16/h10-11,16H,5-9,12-13H2,1-4H3. The molecule has 0 aromatic rings. The summed E-state index contributed by atoms with van der Waals surface area (Å²) in [4.78, 5) is 0. The summed E-state index contributed by atoms with van der Waals surface area (Å²) in [5.74, 6) is 0. The van der Waals surface area contributed by atoms with Gasteiger partial charge < -0.3 is 4.57 Å². The smallest absolute Gasteiger partial charge is 0.0978 e. The van der Waals surface area contributed by atoms with E-state index >= 15 is 0 Å². The minimum absolute atomic E-state index is 0.484. The predicted octanol–water partition coefficient (Wildman–Crippen LogP) is 5.61. The number of rotatable bonds is 5. The third-order valence-corrected chi connectivity index (χ3v) is 7.31. The topological polar surface area (TPSA) is 17.1 Å². The first kappa shape index (κ1) is 15.8. The van der Waals surface area contributed by atoms with Crippen LogP contribution in [0.15, 0.2) is 23.3 Å². The van der Waals surface area contributed by atoms with Crippen molar-refractivity contribution >= 4 is 7.14 Å². The molecular weight excluding hydrogens is 239 g/mol. The number of allylic oxidation sites excluding steroid dienone is 4. The molecule has 1 rings (SSSR count). The second-order valence-electron chi connectivity index (χ2n) is 6.17. The highest BCUT2D eigenvalue weighted by Gasteiger charge is 2.31. The Labute approximate surface area is 113 Å². The Morgan fingerprint density at radius 2 is 1.39 bits per heavy atom. The Kier molecular flexibility index (Phi) is 6.43. The van der Waals surface area contributed by atoms with Crippen molar-refractivity contribution in [3.63, 3.8) is 0 Å². The predicted molar refractivity (Wildman–Crippen MR) is 83.1 cm³/mol. The zero-order valence-corrected chi connectivity index (χ0v) is 13.4. The molecule has 1 nitrogen and oxygen atoms in total. The molecule has 1 aliphatic rings. The molecule has 0 amide bonds. The number of hydrogen-bond acceptors (Lipinski definition) is 1. The van der Waals surface area contributed by atoms with Crippen LogP contribution in [-0.2, 0) is 4.57 Å². The summed E-state index contributed by atoms with van der Waals surface area (Å²) < 4.78 is 13.3. The second kappa shape index (κ2) is 7.34. The second-order valence-corrected chi connectivity index (χ2v) is 9.54. The molecule has 0 spiro atoms. The molecule has 1 saturated carbocycles. The molecular formula is C16H29OP. The first-order valence-corrected chi connectivity index (χ1v) is 9.43. The monoisotopic (exact) mass is 268 g/mol. The molecule has 0 saturated heterocycles. The lowest BCUT2D eigenvalue weighted by atomic mass is 10.0. The fraction of sp³-hybridized carbons (Fsp3) is 0.750. The molecule has 0 heterocycles. The van der Waals surface area contributed by atoms with Gasteiger partial charge in [-0.15, -0.1) is 0 Å². The highest BCUT2D eigenvalue weighted by Crippen LogP contribution is 2.55. The molecule has 0 aromatic heterocycles. The van der Waals surface area contributed by atoms with Crippen molar-refractivity contribution in [1.82, 2.24) is 0 Å². The van der Waals surface area contributed by atoms with Crippen LogP contribution in [0, 0.1) is 0 Å². The van der Waals surface area contributed by atoms with Crippen molar-refractivity contribution < 1.29 is 4.57 Å². The van der Waals surface area contributed by atoms with E-state index in [4.69, 9.17) is 0 Å². The maximum atomic E-state index is 13.3. The Bertz CT molecular complexity index is 327. The summed E-state index contributed by atoms with van der Waals surface area (Å²) in [5, 5.41) is 0. The van der Waals surface area contributed by atoms with Crippen molar-refractivity contribution in [3.8, 4) is 0 Å². The number of hydrogen-bond donors (Lipinski definition) is 0. The largest absolute Gasteiger partial charge is 0.323 e. The van der Waals surface area contributed by atoms with E-state index in [9.17, 15) is 4.57 Å². The maximum absolute atomic E-state index is 13.3. The molecule has 0 bridgehead atoms. The SMILES string of the molecule is CC(C)=CCP(=O)(CC=C(C)C)C1CCCCC1. The fourth-order valence-corrected chi connectivity index (χ4v) is 6.00. The Hall–Kier alpha value is -0.290. The lowest BCUT2D eigenvalue weighted by Crippen LogP contribution is -2.16. The molecule has 0 aliphatic heterocycles. The zero-order chi connectivity index (χ0) is 13.6. The third-order valence-electron chi connectivity index (χ3n) is 3.86. The summed E-state index contributed by atoms with van der Waals surface area (Å²) in [7, 11) is -2.06. The van der Waals surface area contributed by atoms with Gasteiger partial charge in [0.25, 0.3) is 0 Å². The summed E-state index contributed by atoms with van der Waals surface area (Å²) >= 11 is 0. The van der Waals surface area contributed by atoms with Gasteiger partial charge in [-0.3, -0.25) is 0 Å².